The monoisotopic (exact) mass is 308 g/mol. The molecule has 1 aromatic heterocycles. The highest BCUT2D eigenvalue weighted by atomic mass is 32.1. The normalized spacial score (nSPS) is 10.3. The summed E-state index contributed by atoms with van der Waals surface area (Å²) in [5.74, 6) is 1.29. The Morgan fingerprint density at radius 2 is 1.45 bits per heavy atom. The van der Waals surface area contributed by atoms with Gasteiger partial charge in [-0.3, -0.25) is 0 Å². The van der Waals surface area contributed by atoms with Gasteiger partial charge in [0.05, 0.1) is 0 Å². The summed E-state index contributed by atoms with van der Waals surface area (Å²) in [4.78, 5) is 9.61. The lowest BCUT2D eigenvalue weighted by molar-refractivity contribution is 1.16. The van der Waals surface area contributed by atoms with Crippen molar-refractivity contribution in [3.63, 3.8) is 0 Å². The fourth-order valence-corrected chi connectivity index (χ4v) is 2.10. The van der Waals surface area contributed by atoms with Crippen molar-refractivity contribution >= 4 is 35.8 Å². The smallest absolute Gasteiger partial charge is 0.229 e. The molecule has 0 radical (unpaired) electrons. The summed E-state index contributed by atoms with van der Waals surface area (Å²) in [6.07, 6.45) is 1.72. The van der Waals surface area contributed by atoms with Gasteiger partial charge in [0.1, 0.15) is 5.82 Å². The fraction of sp³-hybridized carbons (Fsp3) is 0.0588. The van der Waals surface area contributed by atoms with Crippen molar-refractivity contribution in [3.8, 4) is 0 Å². The molecule has 0 saturated carbocycles. The van der Waals surface area contributed by atoms with Gasteiger partial charge >= 0.3 is 0 Å². The van der Waals surface area contributed by atoms with Gasteiger partial charge in [-0.25, -0.2) is 4.98 Å². The molecule has 0 bridgehead atoms. The lowest BCUT2D eigenvalue weighted by Gasteiger charge is -2.08. The summed E-state index contributed by atoms with van der Waals surface area (Å²) >= 11 is 4.27. The van der Waals surface area contributed by atoms with Crippen LogP contribution in [0, 0.1) is 6.92 Å². The summed E-state index contributed by atoms with van der Waals surface area (Å²) < 4.78 is 0. The van der Waals surface area contributed by atoms with Gasteiger partial charge < -0.3 is 10.6 Å². The van der Waals surface area contributed by atoms with E-state index in [1.165, 1.54) is 5.56 Å². The van der Waals surface area contributed by atoms with Crippen LogP contribution in [-0.4, -0.2) is 9.97 Å². The van der Waals surface area contributed by atoms with E-state index >= 15 is 0 Å². The molecule has 0 atom stereocenters. The molecule has 1 heterocycles. The molecular formula is C17H16N4S. The zero-order valence-electron chi connectivity index (χ0n) is 12.1. The second-order valence-electron chi connectivity index (χ2n) is 4.93. The lowest BCUT2D eigenvalue weighted by atomic mass is 10.2. The minimum atomic E-state index is 0.545. The van der Waals surface area contributed by atoms with Crippen LogP contribution >= 0.6 is 12.6 Å². The molecule has 0 aliphatic rings. The van der Waals surface area contributed by atoms with E-state index in [0.29, 0.717) is 5.95 Å². The Morgan fingerprint density at radius 1 is 0.818 bits per heavy atom. The van der Waals surface area contributed by atoms with E-state index in [1.54, 1.807) is 6.20 Å². The Bertz CT molecular complexity index is 692. The molecule has 4 nitrogen and oxygen atoms in total. The number of anilines is 4. The molecule has 2 aromatic carbocycles. The molecular weight excluding hydrogens is 292 g/mol. The zero-order valence-corrected chi connectivity index (χ0v) is 13.0. The Kier molecular flexibility index (Phi) is 4.25. The number of nitrogens with one attached hydrogen (secondary N) is 2. The number of benzene rings is 2. The van der Waals surface area contributed by atoms with Crippen molar-refractivity contribution in [3.05, 3.63) is 66.4 Å². The van der Waals surface area contributed by atoms with E-state index in [1.807, 2.05) is 42.5 Å². The Balaban J connectivity index is 1.74. The van der Waals surface area contributed by atoms with Gasteiger partial charge in [-0.2, -0.15) is 4.98 Å². The van der Waals surface area contributed by atoms with Gasteiger partial charge in [0.25, 0.3) is 0 Å². The van der Waals surface area contributed by atoms with Crippen LogP contribution in [0.25, 0.3) is 0 Å². The van der Waals surface area contributed by atoms with Crippen molar-refractivity contribution in [2.45, 2.75) is 11.8 Å². The second-order valence-corrected chi connectivity index (χ2v) is 5.44. The van der Waals surface area contributed by atoms with Crippen molar-refractivity contribution in [2.24, 2.45) is 0 Å². The molecule has 22 heavy (non-hydrogen) atoms. The third kappa shape index (κ3) is 3.77. The van der Waals surface area contributed by atoms with Gasteiger partial charge in [-0.1, -0.05) is 17.7 Å². The maximum atomic E-state index is 4.46. The van der Waals surface area contributed by atoms with Crippen LogP contribution in [0.1, 0.15) is 5.56 Å². The first-order valence-corrected chi connectivity index (χ1v) is 7.36. The molecule has 0 unspecified atom stereocenters. The predicted molar refractivity (Wildman–Crippen MR) is 93.5 cm³/mol. The third-order valence-electron chi connectivity index (χ3n) is 3.10. The fourth-order valence-electron chi connectivity index (χ4n) is 1.95. The zero-order chi connectivity index (χ0) is 15.4. The average molecular weight is 308 g/mol. The van der Waals surface area contributed by atoms with Crippen LogP contribution in [0.3, 0.4) is 0 Å². The van der Waals surface area contributed by atoms with Crippen molar-refractivity contribution in [2.75, 3.05) is 10.6 Å². The minimum Gasteiger partial charge on any atom is -0.340 e. The number of rotatable bonds is 4. The quantitative estimate of drug-likeness (QED) is 0.618. The molecule has 0 saturated heterocycles. The predicted octanol–water partition coefficient (Wildman–Crippen LogP) is 4.56. The van der Waals surface area contributed by atoms with Crippen LogP contribution in [-0.2, 0) is 0 Å². The maximum Gasteiger partial charge on any atom is 0.229 e. The van der Waals surface area contributed by atoms with Gasteiger partial charge in [0.15, 0.2) is 0 Å². The average Bonchev–Trinajstić information content (AvgIpc) is 2.52. The highest BCUT2D eigenvalue weighted by molar-refractivity contribution is 7.80. The molecule has 0 amide bonds. The van der Waals surface area contributed by atoms with Gasteiger partial charge in [-0.15, -0.1) is 12.6 Å². The number of aromatic nitrogens is 2. The standard InChI is InChI=1S/C17H16N4S/c1-12-2-4-13(5-3-12)19-16-10-11-18-17(21-16)20-14-6-8-15(22)9-7-14/h2-11,22H,1H3,(H2,18,19,20,21). The Morgan fingerprint density at radius 3 is 2.18 bits per heavy atom. The van der Waals surface area contributed by atoms with E-state index in [2.05, 4.69) is 52.3 Å². The molecule has 2 N–H and O–H groups in total. The Labute approximate surface area is 135 Å². The van der Waals surface area contributed by atoms with Crippen molar-refractivity contribution in [1.29, 1.82) is 0 Å². The molecule has 3 rings (SSSR count). The van der Waals surface area contributed by atoms with Crippen LogP contribution in [0.5, 0.6) is 0 Å². The SMILES string of the molecule is Cc1ccc(Nc2ccnc(Nc3ccc(S)cc3)n2)cc1. The van der Waals surface area contributed by atoms with Crippen molar-refractivity contribution in [1.82, 2.24) is 9.97 Å². The summed E-state index contributed by atoms with van der Waals surface area (Å²) in [6.45, 7) is 2.06. The number of aryl methyl sites for hydroxylation is 1. The molecule has 0 fully saturated rings. The van der Waals surface area contributed by atoms with Crippen LogP contribution in [0.2, 0.25) is 0 Å². The summed E-state index contributed by atoms with van der Waals surface area (Å²) in [7, 11) is 0. The summed E-state index contributed by atoms with van der Waals surface area (Å²) in [5.41, 5.74) is 3.14. The number of thiol groups is 1. The van der Waals surface area contributed by atoms with E-state index < -0.39 is 0 Å². The largest absolute Gasteiger partial charge is 0.340 e. The Hall–Kier alpha value is -2.53. The number of nitrogens with zero attached hydrogens (tertiary/aromatic N) is 2. The van der Waals surface area contributed by atoms with Crippen LogP contribution < -0.4 is 10.6 Å². The second kappa shape index (κ2) is 6.49. The van der Waals surface area contributed by atoms with Gasteiger partial charge in [0, 0.05) is 22.5 Å². The molecule has 0 aliphatic carbocycles. The third-order valence-corrected chi connectivity index (χ3v) is 3.40. The molecule has 5 heteroatoms. The summed E-state index contributed by atoms with van der Waals surface area (Å²) in [6, 6.07) is 17.7. The topological polar surface area (TPSA) is 49.8 Å². The van der Waals surface area contributed by atoms with Crippen LogP contribution in [0.4, 0.5) is 23.1 Å². The first-order valence-electron chi connectivity index (χ1n) is 6.92. The maximum absolute atomic E-state index is 4.46. The van der Waals surface area contributed by atoms with E-state index in [0.717, 1.165) is 22.1 Å². The molecule has 110 valence electrons. The first kappa shape index (κ1) is 14.4. The number of hydrogen-bond acceptors (Lipinski definition) is 5. The van der Waals surface area contributed by atoms with Gasteiger partial charge in [-0.05, 0) is 49.4 Å². The van der Waals surface area contributed by atoms with E-state index in [4.69, 9.17) is 0 Å². The summed E-state index contributed by atoms with van der Waals surface area (Å²) in [5, 5.41) is 6.43. The number of hydrogen-bond donors (Lipinski definition) is 3. The van der Waals surface area contributed by atoms with Crippen molar-refractivity contribution < 1.29 is 0 Å². The van der Waals surface area contributed by atoms with E-state index in [-0.39, 0.29) is 0 Å². The first-order chi connectivity index (χ1) is 10.7. The minimum absolute atomic E-state index is 0.545. The van der Waals surface area contributed by atoms with E-state index in [9.17, 15) is 0 Å². The molecule has 0 aliphatic heterocycles. The van der Waals surface area contributed by atoms with Gasteiger partial charge in [0.2, 0.25) is 5.95 Å². The molecule has 3 aromatic rings. The molecule has 0 spiro atoms. The van der Waals surface area contributed by atoms with Crippen LogP contribution in [0.15, 0.2) is 65.7 Å². The lowest BCUT2D eigenvalue weighted by Crippen LogP contribution is -2.00. The highest BCUT2D eigenvalue weighted by Gasteiger charge is 2.01. The highest BCUT2D eigenvalue weighted by Crippen LogP contribution is 2.18.